The fourth-order valence-electron chi connectivity index (χ4n) is 1.69. The van der Waals surface area contributed by atoms with Crippen LogP contribution in [-0.4, -0.2) is 28.9 Å². The van der Waals surface area contributed by atoms with E-state index in [0.29, 0.717) is 0 Å². The Morgan fingerprint density at radius 2 is 1.65 bits per heavy atom. The lowest BCUT2D eigenvalue weighted by atomic mass is 9.93. The first kappa shape index (κ1) is 16.2. The molecule has 0 atom stereocenters. The van der Waals surface area contributed by atoms with E-state index in [0.717, 1.165) is 25.7 Å². The summed E-state index contributed by atoms with van der Waals surface area (Å²) in [6, 6.07) is 0.156. The van der Waals surface area contributed by atoms with E-state index in [9.17, 15) is 9.90 Å². The van der Waals surface area contributed by atoms with Crippen molar-refractivity contribution < 1.29 is 14.6 Å². The second-order valence-corrected chi connectivity index (χ2v) is 5.15. The molecule has 0 aromatic heterocycles. The minimum Gasteiger partial charge on any atom is -0.444 e. The van der Waals surface area contributed by atoms with Crippen molar-refractivity contribution in [1.82, 2.24) is 5.32 Å². The molecule has 0 aliphatic heterocycles. The van der Waals surface area contributed by atoms with Crippen LogP contribution in [0.3, 0.4) is 0 Å². The van der Waals surface area contributed by atoms with Gasteiger partial charge in [-0.3, -0.25) is 0 Å². The van der Waals surface area contributed by atoms with Crippen LogP contribution in [0, 0.1) is 0 Å². The second kappa shape index (κ2) is 7.54. The maximum atomic E-state index is 11.4. The summed E-state index contributed by atoms with van der Waals surface area (Å²) in [5.41, 5.74) is -0.446. The van der Waals surface area contributed by atoms with Crippen LogP contribution in [0.2, 0.25) is 0 Å². The van der Waals surface area contributed by atoms with Crippen molar-refractivity contribution in [3.8, 4) is 0 Å². The number of hydrogen-bond acceptors (Lipinski definition) is 3. The summed E-state index contributed by atoms with van der Waals surface area (Å²) in [7, 11) is 0. The van der Waals surface area contributed by atoms with E-state index in [4.69, 9.17) is 4.74 Å². The van der Waals surface area contributed by atoms with Crippen molar-refractivity contribution in [3.63, 3.8) is 0 Å². The molecule has 2 N–H and O–H groups in total. The maximum absolute atomic E-state index is 11.4. The molecule has 1 aliphatic carbocycles. The predicted molar refractivity (Wildman–Crippen MR) is 69.0 cm³/mol. The number of aliphatic hydroxyl groups is 1. The molecule has 4 heteroatoms. The first-order valence-corrected chi connectivity index (χ1v) is 6.54. The average molecular weight is 245 g/mol. The minimum absolute atomic E-state index is 0.156. The van der Waals surface area contributed by atoms with Crippen LogP contribution in [0.15, 0.2) is 0 Å². The highest BCUT2D eigenvalue weighted by atomic mass is 16.6. The van der Waals surface area contributed by atoms with E-state index < -0.39 is 5.60 Å². The Morgan fingerprint density at radius 3 is 2.06 bits per heavy atom. The molecule has 1 aliphatic rings. The van der Waals surface area contributed by atoms with Gasteiger partial charge in [-0.15, -0.1) is 0 Å². The predicted octanol–water partition coefficient (Wildman–Crippen LogP) is 2.84. The van der Waals surface area contributed by atoms with Crippen LogP contribution in [-0.2, 0) is 4.74 Å². The van der Waals surface area contributed by atoms with Gasteiger partial charge in [-0.2, -0.15) is 0 Å². The molecule has 1 fully saturated rings. The minimum atomic E-state index is -0.446. The number of nitrogens with one attached hydrogen (secondary N) is 1. The standard InChI is InChI=1S/C11H21NO3.C2H6/c1-11(2,3)15-10(14)12-8-4-6-9(13)7-5-8;1-2/h8-9,13H,4-7H2,1-3H3,(H,12,14);1-2H3. The van der Waals surface area contributed by atoms with Gasteiger partial charge in [0, 0.05) is 6.04 Å². The van der Waals surface area contributed by atoms with Gasteiger partial charge < -0.3 is 15.2 Å². The zero-order valence-corrected chi connectivity index (χ0v) is 11.7. The summed E-state index contributed by atoms with van der Waals surface area (Å²) in [4.78, 5) is 11.4. The third-order valence-electron chi connectivity index (χ3n) is 2.42. The van der Waals surface area contributed by atoms with E-state index in [2.05, 4.69) is 5.32 Å². The summed E-state index contributed by atoms with van der Waals surface area (Å²) in [5, 5.41) is 12.1. The molecule has 17 heavy (non-hydrogen) atoms. The van der Waals surface area contributed by atoms with Gasteiger partial charge in [-0.05, 0) is 46.5 Å². The molecule has 0 spiro atoms. The number of alkyl carbamates (subject to hydrolysis) is 1. The Balaban J connectivity index is 0.00000121. The molecule has 1 rings (SSSR count). The molecule has 4 nitrogen and oxygen atoms in total. The molecule has 1 saturated carbocycles. The fourth-order valence-corrected chi connectivity index (χ4v) is 1.69. The van der Waals surface area contributed by atoms with Crippen LogP contribution in [0.1, 0.15) is 60.3 Å². The van der Waals surface area contributed by atoms with E-state index in [1.807, 2.05) is 34.6 Å². The van der Waals surface area contributed by atoms with Crippen LogP contribution in [0.5, 0.6) is 0 Å². The van der Waals surface area contributed by atoms with Crippen molar-refractivity contribution in [1.29, 1.82) is 0 Å². The molecule has 0 bridgehead atoms. The number of aliphatic hydroxyl groups excluding tert-OH is 1. The second-order valence-electron chi connectivity index (χ2n) is 5.15. The molecule has 0 unspecified atom stereocenters. The Kier molecular flexibility index (Phi) is 7.19. The highest BCUT2D eigenvalue weighted by Crippen LogP contribution is 2.18. The fraction of sp³-hybridized carbons (Fsp3) is 0.923. The summed E-state index contributed by atoms with van der Waals surface area (Å²) in [6.45, 7) is 9.53. The zero-order valence-electron chi connectivity index (χ0n) is 11.7. The third kappa shape index (κ3) is 8.02. The highest BCUT2D eigenvalue weighted by molar-refractivity contribution is 5.68. The van der Waals surface area contributed by atoms with Crippen LogP contribution in [0.25, 0.3) is 0 Å². The van der Waals surface area contributed by atoms with Crippen molar-refractivity contribution in [2.75, 3.05) is 0 Å². The van der Waals surface area contributed by atoms with E-state index in [-0.39, 0.29) is 18.2 Å². The molecule has 102 valence electrons. The summed E-state index contributed by atoms with van der Waals surface area (Å²) < 4.78 is 5.15. The third-order valence-corrected chi connectivity index (χ3v) is 2.42. The first-order chi connectivity index (χ1) is 7.87. The highest BCUT2D eigenvalue weighted by Gasteiger charge is 2.23. The molecule has 1 amide bonds. The van der Waals surface area contributed by atoms with Gasteiger partial charge in [0.2, 0.25) is 0 Å². The number of ether oxygens (including phenoxy) is 1. The van der Waals surface area contributed by atoms with Crippen LogP contribution in [0.4, 0.5) is 4.79 Å². The zero-order chi connectivity index (χ0) is 13.5. The van der Waals surface area contributed by atoms with Gasteiger partial charge in [0.15, 0.2) is 0 Å². The van der Waals surface area contributed by atoms with Gasteiger partial charge >= 0.3 is 6.09 Å². The van der Waals surface area contributed by atoms with Gasteiger partial charge in [-0.25, -0.2) is 4.79 Å². The Bertz CT molecular complexity index is 215. The summed E-state index contributed by atoms with van der Waals surface area (Å²) >= 11 is 0. The van der Waals surface area contributed by atoms with Gasteiger partial charge in [0.05, 0.1) is 6.10 Å². The molecule has 0 aromatic rings. The average Bonchev–Trinajstić information content (AvgIpc) is 2.22. The number of rotatable bonds is 1. The normalized spacial score (nSPS) is 24.4. The first-order valence-electron chi connectivity index (χ1n) is 6.54. The molecular weight excluding hydrogens is 218 g/mol. The van der Waals surface area contributed by atoms with E-state index >= 15 is 0 Å². The Labute approximate surface area is 105 Å². The monoisotopic (exact) mass is 245 g/mol. The molecule has 0 saturated heterocycles. The Hall–Kier alpha value is -0.770. The number of carbonyl (C=O) groups excluding carboxylic acids is 1. The number of carbonyl (C=O) groups is 1. The van der Waals surface area contributed by atoms with Gasteiger partial charge in [0.25, 0.3) is 0 Å². The van der Waals surface area contributed by atoms with E-state index in [1.165, 1.54) is 0 Å². The van der Waals surface area contributed by atoms with Crippen molar-refractivity contribution in [3.05, 3.63) is 0 Å². The molecule has 0 aromatic carbocycles. The van der Waals surface area contributed by atoms with Crippen molar-refractivity contribution in [2.24, 2.45) is 0 Å². The van der Waals surface area contributed by atoms with Crippen LogP contribution < -0.4 is 5.32 Å². The number of amides is 1. The quantitative estimate of drug-likeness (QED) is 0.747. The van der Waals surface area contributed by atoms with Gasteiger partial charge in [0.1, 0.15) is 5.60 Å². The number of hydrogen-bond donors (Lipinski definition) is 2. The lowest BCUT2D eigenvalue weighted by Gasteiger charge is -2.27. The lowest BCUT2D eigenvalue weighted by Crippen LogP contribution is -2.41. The lowest BCUT2D eigenvalue weighted by molar-refractivity contribution is 0.0461. The summed E-state index contributed by atoms with van der Waals surface area (Å²) in [5.74, 6) is 0. The largest absolute Gasteiger partial charge is 0.444 e. The molecule has 0 radical (unpaired) electrons. The molecular formula is C13H27NO3. The summed E-state index contributed by atoms with van der Waals surface area (Å²) in [6.07, 6.45) is 2.65. The van der Waals surface area contributed by atoms with Gasteiger partial charge in [-0.1, -0.05) is 13.8 Å². The Morgan fingerprint density at radius 1 is 1.18 bits per heavy atom. The van der Waals surface area contributed by atoms with Crippen molar-refractivity contribution >= 4 is 6.09 Å². The molecule has 0 heterocycles. The van der Waals surface area contributed by atoms with Crippen LogP contribution >= 0.6 is 0 Å². The smallest absolute Gasteiger partial charge is 0.407 e. The maximum Gasteiger partial charge on any atom is 0.407 e. The van der Waals surface area contributed by atoms with E-state index in [1.54, 1.807) is 0 Å². The topological polar surface area (TPSA) is 58.6 Å². The van der Waals surface area contributed by atoms with Crippen molar-refractivity contribution in [2.45, 2.75) is 78.0 Å². The SMILES string of the molecule is CC.CC(C)(C)OC(=O)NC1CCC(O)CC1.